The molecule has 2 fully saturated rings. The minimum absolute atomic E-state index is 0.0946. The van der Waals surface area contributed by atoms with Gasteiger partial charge in [-0.1, -0.05) is 0 Å². The lowest BCUT2D eigenvalue weighted by Crippen LogP contribution is -2.58. The van der Waals surface area contributed by atoms with E-state index in [-0.39, 0.29) is 33.8 Å². The third-order valence-electron chi connectivity index (χ3n) is 6.78. The lowest BCUT2D eigenvalue weighted by atomic mass is 10.00. The van der Waals surface area contributed by atoms with Crippen LogP contribution in [0.3, 0.4) is 0 Å². The molecule has 5 rings (SSSR count). The van der Waals surface area contributed by atoms with Crippen LogP contribution in [0.5, 0.6) is 23.0 Å². The fourth-order valence-corrected chi connectivity index (χ4v) is 4.41. The van der Waals surface area contributed by atoms with Crippen LogP contribution in [0.2, 0.25) is 0 Å². The third-order valence-corrected chi connectivity index (χ3v) is 6.78. The molecule has 2 aliphatic rings. The number of phenolic OH excluding ortho intramolecular Hbond substituents is 2. The Bertz CT molecular complexity index is 1440. The van der Waals surface area contributed by atoms with Crippen molar-refractivity contribution in [3.05, 3.63) is 46.6 Å². The van der Waals surface area contributed by atoms with Crippen molar-refractivity contribution in [2.75, 3.05) is 6.61 Å². The van der Waals surface area contributed by atoms with Gasteiger partial charge in [0.25, 0.3) is 5.75 Å². The van der Waals surface area contributed by atoms with E-state index in [1.54, 1.807) is 0 Å². The van der Waals surface area contributed by atoms with Crippen LogP contribution in [0.4, 0.5) is 0 Å². The first-order valence-corrected chi connectivity index (χ1v) is 12.4. The van der Waals surface area contributed by atoms with Gasteiger partial charge in [0.05, 0.1) is 12.7 Å². The van der Waals surface area contributed by atoms with Crippen molar-refractivity contribution in [1.29, 1.82) is 0 Å². The van der Waals surface area contributed by atoms with Crippen LogP contribution < -0.4 is 15.1 Å². The molecule has 15 heteroatoms. The van der Waals surface area contributed by atoms with Crippen molar-refractivity contribution in [2.24, 2.45) is 0 Å². The highest BCUT2D eigenvalue weighted by Crippen LogP contribution is 2.37. The van der Waals surface area contributed by atoms with Gasteiger partial charge in [0.2, 0.25) is 18.0 Å². The van der Waals surface area contributed by atoms with Crippen molar-refractivity contribution in [3.63, 3.8) is 0 Å². The van der Waals surface area contributed by atoms with Crippen LogP contribution in [0.15, 0.2) is 45.6 Å². The lowest BCUT2D eigenvalue weighted by Gasteiger charge is -2.38. The highest BCUT2D eigenvalue weighted by atomic mass is 17.2. The summed E-state index contributed by atoms with van der Waals surface area (Å²) in [6.45, 7) is 1.06. The summed E-state index contributed by atoms with van der Waals surface area (Å²) in [5.74, 6) is -1.71. The van der Waals surface area contributed by atoms with Gasteiger partial charge < -0.3 is 64.4 Å². The predicted molar refractivity (Wildman–Crippen MR) is 134 cm³/mol. The molecule has 2 saturated heterocycles. The summed E-state index contributed by atoms with van der Waals surface area (Å²) < 4.78 is 22.0. The highest BCUT2D eigenvalue weighted by molar-refractivity contribution is 5.88. The van der Waals surface area contributed by atoms with E-state index in [1.165, 1.54) is 37.3 Å². The molecule has 1 aromatic heterocycles. The Morgan fingerprint density at radius 1 is 0.854 bits per heavy atom. The summed E-state index contributed by atoms with van der Waals surface area (Å²) in [5, 5.41) is 80.0. The first-order chi connectivity index (χ1) is 19.5. The molecular weight excluding hydrogens is 552 g/mol. The Kier molecular flexibility index (Phi) is 8.06. The number of hydrogen-bond acceptors (Lipinski definition) is 15. The Hall–Kier alpha value is -3.51. The third kappa shape index (κ3) is 5.54. The molecule has 0 unspecified atom stereocenters. The quantitative estimate of drug-likeness (QED) is 0.127. The molecule has 222 valence electrons. The maximum atomic E-state index is 13.5. The molecule has 0 aliphatic carbocycles. The van der Waals surface area contributed by atoms with Crippen LogP contribution in [-0.4, -0.2) is 103 Å². The molecule has 0 bridgehead atoms. The van der Waals surface area contributed by atoms with Crippen LogP contribution in [0, 0.1) is 0 Å². The summed E-state index contributed by atoms with van der Waals surface area (Å²) in [7, 11) is 0. The maximum Gasteiger partial charge on any atom is 0.256 e. The number of fused-ring (bicyclic) bond motifs is 1. The molecule has 0 amide bonds. The monoisotopic (exact) mass is 580 g/mol. The summed E-state index contributed by atoms with van der Waals surface area (Å²) in [6, 6.07) is 7.60. The van der Waals surface area contributed by atoms with Crippen molar-refractivity contribution in [1.82, 2.24) is 0 Å². The second-order valence-corrected chi connectivity index (χ2v) is 9.68. The molecule has 2 aliphatic heterocycles. The molecule has 0 radical (unpaired) electrons. The van der Waals surface area contributed by atoms with Crippen LogP contribution in [0.1, 0.15) is 6.92 Å². The van der Waals surface area contributed by atoms with E-state index in [9.17, 15) is 45.6 Å². The zero-order valence-electron chi connectivity index (χ0n) is 21.3. The first-order valence-electron chi connectivity index (χ1n) is 12.4. The molecule has 0 spiro atoms. The zero-order chi connectivity index (χ0) is 29.6. The number of aliphatic hydroxyl groups is 6. The van der Waals surface area contributed by atoms with Crippen LogP contribution >= 0.6 is 0 Å². The van der Waals surface area contributed by atoms with E-state index in [4.69, 9.17) is 28.4 Å². The van der Waals surface area contributed by atoms with Gasteiger partial charge in [-0.05, 0) is 31.2 Å². The number of aliphatic hydroxyl groups excluding tert-OH is 6. The SMILES string of the molecule is C[C@@H]1O[C@@H](Oc2cc(O)c3c(=O)c(OO[C@H]4OC[C@H](O)[C@H](O)[C@H]4O)c(-c4ccc(O)cc4)oc3c2)[C@H](O)[C@H](O)[C@H]1O. The topological polar surface area (TPSA) is 238 Å². The minimum Gasteiger partial charge on any atom is -0.508 e. The van der Waals surface area contributed by atoms with Gasteiger partial charge in [0, 0.05) is 17.7 Å². The summed E-state index contributed by atoms with van der Waals surface area (Å²) in [5.41, 5.74) is -0.944. The fraction of sp³-hybridized carbons (Fsp3) is 0.423. The van der Waals surface area contributed by atoms with Crippen LogP contribution in [-0.2, 0) is 14.4 Å². The van der Waals surface area contributed by atoms with Gasteiger partial charge in [-0.25, -0.2) is 0 Å². The van der Waals surface area contributed by atoms with E-state index in [0.717, 1.165) is 6.07 Å². The smallest absolute Gasteiger partial charge is 0.256 e. The normalized spacial score (nSPS) is 32.1. The van der Waals surface area contributed by atoms with Gasteiger partial charge in [0.1, 0.15) is 64.8 Å². The average Bonchev–Trinajstić information content (AvgIpc) is 2.94. The van der Waals surface area contributed by atoms with E-state index < -0.39 is 78.8 Å². The molecule has 41 heavy (non-hydrogen) atoms. The number of ether oxygens (including phenoxy) is 3. The van der Waals surface area contributed by atoms with Gasteiger partial charge in [-0.15, -0.1) is 0 Å². The van der Waals surface area contributed by atoms with E-state index >= 15 is 0 Å². The Labute approximate surface area is 230 Å². The second-order valence-electron chi connectivity index (χ2n) is 9.68. The number of rotatable bonds is 6. The first kappa shape index (κ1) is 29.0. The van der Waals surface area contributed by atoms with Crippen molar-refractivity contribution in [3.8, 4) is 34.3 Å². The Morgan fingerprint density at radius 2 is 1.54 bits per heavy atom. The predicted octanol–water partition coefficient (Wildman–Crippen LogP) is -1.17. The van der Waals surface area contributed by atoms with Gasteiger partial charge in [-0.2, -0.15) is 4.89 Å². The van der Waals surface area contributed by atoms with E-state index in [2.05, 4.69) is 0 Å². The standard InChI is InChI=1S/C26H28O15/c1-9-17(30)20(33)22(35)26(37-9)38-12-6-13(28)16-15(7-12)39-23(10-2-4-11(27)5-3-10)24(19(16)32)40-41-25-21(34)18(31)14(29)8-36-25/h2-7,9,14,17-18,20-22,25-31,33-35H,8H2,1H3/t9-,14-,17-,18-,20+,21+,22+,25+,26-/m0/s1. The number of benzene rings is 2. The van der Waals surface area contributed by atoms with E-state index in [1.807, 2.05) is 0 Å². The maximum absolute atomic E-state index is 13.5. The molecule has 3 aromatic rings. The Balaban J connectivity index is 1.52. The summed E-state index contributed by atoms with van der Waals surface area (Å²) in [4.78, 5) is 23.8. The zero-order valence-corrected chi connectivity index (χ0v) is 21.3. The molecule has 8 N–H and O–H groups in total. The average molecular weight is 580 g/mol. The molecule has 2 aromatic carbocycles. The molecule has 3 heterocycles. The lowest BCUT2D eigenvalue weighted by molar-refractivity contribution is -0.371. The second kappa shape index (κ2) is 11.4. The summed E-state index contributed by atoms with van der Waals surface area (Å²) in [6.07, 6.45) is -13.3. The largest absolute Gasteiger partial charge is 0.508 e. The molecular formula is C26H28O15. The van der Waals surface area contributed by atoms with Gasteiger partial charge in [-0.3, -0.25) is 4.79 Å². The highest BCUT2D eigenvalue weighted by Gasteiger charge is 2.43. The number of hydrogen-bond donors (Lipinski definition) is 8. The Morgan fingerprint density at radius 3 is 2.24 bits per heavy atom. The number of phenols is 2. The van der Waals surface area contributed by atoms with Gasteiger partial charge >= 0.3 is 0 Å². The minimum atomic E-state index is -1.74. The van der Waals surface area contributed by atoms with Gasteiger partial charge in [0.15, 0.2) is 5.76 Å². The molecule has 0 saturated carbocycles. The van der Waals surface area contributed by atoms with E-state index in [0.29, 0.717) is 0 Å². The number of aromatic hydroxyl groups is 2. The molecule has 9 atom stereocenters. The van der Waals surface area contributed by atoms with Crippen molar-refractivity contribution in [2.45, 2.75) is 62.2 Å². The van der Waals surface area contributed by atoms with Crippen molar-refractivity contribution >= 4 is 11.0 Å². The summed E-state index contributed by atoms with van der Waals surface area (Å²) >= 11 is 0. The van der Waals surface area contributed by atoms with Crippen LogP contribution in [0.25, 0.3) is 22.3 Å². The molecule has 15 nitrogen and oxygen atoms in total. The fourth-order valence-electron chi connectivity index (χ4n) is 4.41. The van der Waals surface area contributed by atoms with Crippen molar-refractivity contribution < 1.29 is 69.3 Å².